The minimum atomic E-state index is -0.994. The average molecular weight is 527 g/mol. The molecule has 0 aliphatic carbocycles. The Kier molecular flexibility index (Phi) is 9.38. The number of fused-ring (bicyclic) bond motifs is 1. The van der Waals surface area contributed by atoms with Crippen molar-refractivity contribution < 1.29 is 33.3 Å². The summed E-state index contributed by atoms with van der Waals surface area (Å²) in [6.07, 6.45) is 5.33. The molecule has 0 spiro atoms. The van der Waals surface area contributed by atoms with E-state index in [4.69, 9.17) is 9.47 Å². The van der Waals surface area contributed by atoms with Crippen molar-refractivity contribution in [2.24, 2.45) is 0 Å². The van der Waals surface area contributed by atoms with E-state index >= 15 is 0 Å². The van der Waals surface area contributed by atoms with E-state index in [0.29, 0.717) is 18.6 Å². The third-order valence-corrected chi connectivity index (χ3v) is 6.79. The quantitative estimate of drug-likeness (QED) is 0.346. The highest BCUT2D eigenvalue weighted by Crippen LogP contribution is 2.28. The van der Waals surface area contributed by atoms with Crippen LogP contribution in [0, 0.1) is 11.6 Å². The van der Waals surface area contributed by atoms with E-state index in [0.717, 1.165) is 53.6 Å². The molecule has 3 aromatic rings. The fourth-order valence-corrected chi connectivity index (χ4v) is 4.78. The van der Waals surface area contributed by atoms with Gasteiger partial charge in [0.15, 0.2) is 0 Å². The standard InChI is InChI=1S/C29H32F2N2O5/c1-37-23-15-24-18(3-2-4-26(24)32-16-23)5-8-22-9-11-27(28(38-22)14-21(35)17-34)33-29(36)12-6-19-13-20(30)7-10-25(19)31/h2-4,6-7,10,12-13,15-16,21-22,27-28,34-35H,5,8-9,11,14,17H2,1H3,(H,33,36)/b12-6+/t21-,22+,27+,28+/m0/s1. The van der Waals surface area contributed by atoms with Crippen molar-refractivity contribution in [3.63, 3.8) is 0 Å². The maximum Gasteiger partial charge on any atom is 0.244 e. The first kappa shape index (κ1) is 27.6. The number of nitrogens with one attached hydrogen (secondary N) is 1. The van der Waals surface area contributed by atoms with Crippen LogP contribution >= 0.6 is 0 Å². The highest BCUT2D eigenvalue weighted by atomic mass is 19.1. The number of benzene rings is 2. The smallest absolute Gasteiger partial charge is 0.244 e. The first-order valence-electron chi connectivity index (χ1n) is 12.7. The van der Waals surface area contributed by atoms with Crippen molar-refractivity contribution >= 4 is 22.9 Å². The molecule has 0 saturated carbocycles. The van der Waals surface area contributed by atoms with E-state index < -0.39 is 42.4 Å². The van der Waals surface area contributed by atoms with Crippen LogP contribution < -0.4 is 10.1 Å². The van der Waals surface area contributed by atoms with Gasteiger partial charge in [0.1, 0.15) is 17.4 Å². The molecule has 0 bridgehead atoms. The van der Waals surface area contributed by atoms with Crippen molar-refractivity contribution in [1.29, 1.82) is 0 Å². The number of rotatable bonds is 10. The molecule has 2 aromatic carbocycles. The van der Waals surface area contributed by atoms with Crippen molar-refractivity contribution in [1.82, 2.24) is 10.3 Å². The zero-order valence-electron chi connectivity index (χ0n) is 21.1. The maximum absolute atomic E-state index is 13.9. The minimum absolute atomic E-state index is 0.0337. The van der Waals surface area contributed by atoms with Crippen LogP contribution in [-0.4, -0.2) is 59.2 Å². The molecule has 1 aliphatic rings. The number of carbonyl (C=O) groups is 1. The molecule has 0 radical (unpaired) electrons. The molecule has 1 saturated heterocycles. The Balaban J connectivity index is 1.40. The van der Waals surface area contributed by atoms with E-state index in [1.54, 1.807) is 13.3 Å². The van der Waals surface area contributed by atoms with Gasteiger partial charge in [0, 0.05) is 23.4 Å². The van der Waals surface area contributed by atoms with Crippen molar-refractivity contribution in [3.05, 3.63) is 77.5 Å². The number of nitrogens with zero attached hydrogens (tertiary/aromatic N) is 1. The lowest BCUT2D eigenvalue weighted by Crippen LogP contribution is -2.50. The van der Waals surface area contributed by atoms with Gasteiger partial charge in [-0.3, -0.25) is 9.78 Å². The molecule has 1 amide bonds. The third kappa shape index (κ3) is 7.12. The van der Waals surface area contributed by atoms with Crippen molar-refractivity contribution in [2.45, 2.75) is 56.5 Å². The molecule has 1 fully saturated rings. The molecule has 0 unspecified atom stereocenters. The van der Waals surface area contributed by atoms with E-state index in [1.807, 2.05) is 18.2 Å². The molecule has 3 N–H and O–H groups in total. The number of halogens is 2. The van der Waals surface area contributed by atoms with E-state index in [-0.39, 0.29) is 18.1 Å². The molecule has 7 nitrogen and oxygen atoms in total. The van der Waals surface area contributed by atoms with Gasteiger partial charge in [-0.2, -0.15) is 0 Å². The molecule has 202 valence electrons. The monoisotopic (exact) mass is 526 g/mol. The van der Waals surface area contributed by atoms with E-state index in [2.05, 4.69) is 16.4 Å². The summed E-state index contributed by atoms with van der Waals surface area (Å²) in [5.74, 6) is -1.04. The van der Waals surface area contributed by atoms with E-state index in [9.17, 15) is 23.8 Å². The average Bonchev–Trinajstić information content (AvgIpc) is 2.93. The molecule has 9 heteroatoms. The Morgan fingerprint density at radius 3 is 2.89 bits per heavy atom. The van der Waals surface area contributed by atoms with Crippen LogP contribution in [0.2, 0.25) is 0 Å². The summed E-state index contributed by atoms with van der Waals surface area (Å²) in [6.45, 7) is -0.422. The van der Waals surface area contributed by atoms with Crippen LogP contribution in [0.4, 0.5) is 8.78 Å². The first-order chi connectivity index (χ1) is 18.4. The molecule has 4 rings (SSSR count). The minimum Gasteiger partial charge on any atom is -0.495 e. The van der Waals surface area contributed by atoms with Crippen molar-refractivity contribution in [2.75, 3.05) is 13.7 Å². The van der Waals surface area contributed by atoms with Gasteiger partial charge in [-0.15, -0.1) is 0 Å². The predicted molar refractivity (Wildman–Crippen MR) is 140 cm³/mol. The lowest BCUT2D eigenvalue weighted by Gasteiger charge is -2.38. The van der Waals surface area contributed by atoms with Gasteiger partial charge in [-0.1, -0.05) is 12.1 Å². The summed E-state index contributed by atoms with van der Waals surface area (Å²) >= 11 is 0. The van der Waals surface area contributed by atoms with Crippen LogP contribution in [0.1, 0.15) is 36.8 Å². The number of aromatic nitrogens is 1. The van der Waals surface area contributed by atoms with Gasteiger partial charge in [0.2, 0.25) is 5.91 Å². The summed E-state index contributed by atoms with van der Waals surface area (Å²) in [5, 5.41) is 23.3. The number of aliphatic hydroxyl groups is 2. The summed E-state index contributed by atoms with van der Waals surface area (Å²) in [5.41, 5.74) is 1.97. The molecule has 1 aliphatic heterocycles. The maximum atomic E-state index is 13.9. The number of amides is 1. The zero-order chi connectivity index (χ0) is 27.1. The summed E-state index contributed by atoms with van der Waals surface area (Å²) in [7, 11) is 1.60. The molecule has 38 heavy (non-hydrogen) atoms. The molecule has 2 heterocycles. The topological polar surface area (TPSA) is 101 Å². The van der Waals surface area contributed by atoms with Gasteiger partial charge in [-0.25, -0.2) is 8.78 Å². The number of aryl methyl sites for hydroxylation is 1. The Morgan fingerprint density at radius 1 is 1.26 bits per heavy atom. The molecule has 4 atom stereocenters. The van der Waals surface area contributed by atoms with Crippen LogP contribution in [0.25, 0.3) is 17.0 Å². The first-order valence-corrected chi connectivity index (χ1v) is 12.7. The summed E-state index contributed by atoms with van der Waals surface area (Å²) in [4.78, 5) is 17.0. The van der Waals surface area contributed by atoms with Gasteiger partial charge in [-0.05, 0) is 67.7 Å². The fraction of sp³-hybridized carbons (Fsp3) is 0.379. The van der Waals surface area contributed by atoms with Crippen LogP contribution in [0.3, 0.4) is 0 Å². The fourth-order valence-electron chi connectivity index (χ4n) is 4.78. The third-order valence-electron chi connectivity index (χ3n) is 6.79. The normalized spacial score (nSPS) is 20.5. The Labute approximate surface area is 220 Å². The largest absolute Gasteiger partial charge is 0.495 e. The molecular formula is C29H32F2N2O5. The number of methoxy groups -OCH3 is 1. The number of pyridine rings is 1. The molecule has 1 aromatic heterocycles. The zero-order valence-corrected chi connectivity index (χ0v) is 21.1. The second kappa shape index (κ2) is 12.9. The summed E-state index contributed by atoms with van der Waals surface area (Å²) in [6, 6.07) is 10.5. The highest BCUT2D eigenvalue weighted by Gasteiger charge is 2.33. The van der Waals surface area contributed by atoms with Gasteiger partial charge in [0.05, 0.1) is 49.8 Å². The SMILES string of the molecule is COc1cnc2cccc(CC[C@@H]3CC[C@@H](NC(=O)/C=C/c4cc(F)ccc4F)[C@@H](C[C@H](O)CO)O3)c2c1. The Hall–Kier alpha value is -3.40. The van der Waals surface area contributed by atoms with Gasteiger partial charge >= 0.3 is 0 Å². The predicted octanol–water partition coefficient (Wildman–Crippen LogP) is 3.94. The lowest BCUT2D eigenvalue weighted by molar-refractivity contribution is -0.124. The van der Waals surface area contributed by atoms with Crippen LogP contribution in [0.5, 0.6) is 5.75 Å². The second-order valence-electron chi connectivity index (χ2n) is 9.46. The Morgan fingerprint density at radius 2 is 2.11 bits per heavy atom. The van der Waals surface area contributed by atoms with Crippen molar-refractivity contribution in [3.8, 4) is 5.75 Å². The van der Waals surface area contributed by atoms with E-state index in [1.165, 1.54) is 6.08 Å². The highest BCUT2D eigenvalue weighted by molar-refractivity contribution is 5.92. The van der Waals surface area contributed by atoms with Gasteiger partial charge in [0.25, 0.3) is 0 Å². The van der Waals surface area contributed by atoms with Gasteiger partial charge < -0.3 is 25.0 Å². The molecular weight excluding hydrogens is 494 g/mol. The number of ether oxygens (including phenoxy) is 2. The number of hydrogen-bond acceptors (Lipinski definition) is 6. The second-order valence-corrected chi connectivity index (χ2v) is 9.46. The lowest BCUT2D eigenvalue weighted by atomic mass is 9.91. The Bertz CT molecular complexity index is 1290. The van der Waals surface area contributed by atoms with Crippen LogP contribution in [0.15, 0.2) is 54.7 Å². The van der Waals surface area contributed by atoms with Crippen LogP contribution in [-0.2, 0) is 16.0 Å². The number of carbonyl (C=O) groups excluding carboxylic acids is 1. The summed E-state index contributed by atoms with van der Waals surface area (Å²) < 4.78 is 38.9. The number of hydrogen-bond donors (Lipinski definition) is 3. The number of aliphatic hydroxyl groups excluding tert-OH is 2.